The second kappa shape index (κ2) is 7.49. The van der Waals surface area contributed by atoms with E-state index in [1.54, 1.807) is 6.92 Å². The summed E-state index contributed by atoms with van der Waals surface area (Å²) < 4.78 is 9.07. The van der Waals surface area contributed by atoms with Crippen LogP contribution < -0.4 is 0 Å². The van der Waals surface area contributed by atoms with Crippen LogP contribution in [0.5, 0.6) is 0 Å². The summed E-state index contributed by atoms with van der Waals surface area (Å²) in [6, 6.07) is 0. The summed E-state index contributed by atoms with van der Waals surface area (Å²) in [6.45, 7) is 5.77. The molecule has 1 fully saturated rings. The molecule has 1 aliphatic heterocycles. The minimum absolute atomic E-state index is 0.0473. The van der Waals surface area contributed by atoms with E-state index in [1.165, 1.54) is 0 Å². The average Bonchev–Trinajstić information content (AvgIpc) is 2.97. The zero-order chi connectivity index (χ0) is 11.0. The van der Waals surface area contributed by atoms with Crippen molar-refractivity contribution in [3.05, 3.63) is 12.2 Å². The molecule has 82 valence electrons. The normalized spacial score (nSPS) is 17.8. The molecule has 1 unspecified atom stereocenters. The Bertz CT molecular complexity index is 186. The minimum Gasteiger partial charge on any atom is -0.460 e. The van der Waals surface area contributed by atoms with E-state index in [9.17, 15) is 4.79 Å². The minimum atomic E-state index is -0.455. The highest BCUT2D eigenvalue weighted by atomic mass is 16.6. The molecule has 14 heavy (non-hydrogen) atoms. The van der Waals surface area contributed by atoms with Crippen LogP contribution >= 0.6 is 0 Å². The van der Waals surface area contributed by atoms with E-state index in [-0.39, 0.29) is 25.9 Å². The quantitative estimate of drug-likeness (QED) is 0.366. The van der Waals surface area contributed by atoms with Crippen LogP contribution in [0.1, 0.15) is 6.92 Å². The molecule has 5 nitrogen and oxygen atoms in total. The van der Waals surface area contributed by atoms with Crippen LogP contribution in [0.4, 0.5) is 0 Å². The van der Waals surface area contributed by atoms with Gasteiger partial charge in [0.05, 0.1) is 19.8 Å². The number of hydrogen-bond acceptors (Lipinski definition) is 5. The largest absolute Gasteiger partial charge is 0.460 e. The first-order chi connectivity index (χ1) is 6.61. The van der Waals surface area contributed by atoms with Crippen LogP contribution in [0.15, 0.2) is 12.2 Å². The highest BCUT2D eigenvalue weighted by Gasteiger charge is 2.19. The van der Waals surface area contributed by atoms with E-state index in [0.717, 1.165) is 6.61 Å². The molecule has 0 bridgehead atoms. The summed E-state index contributed by atoms with van der Waals surface area (Å²) in [5.41, 5.74) is 0.350. The third kappa shape index (κ3) is 7.72. The van der Waals surface area contributed by atoms with Crippen molar-refractivity contribution in [3.63, 3.8) is 0 Å². The second-order valence-corrected chi connectivity index (χ2v) is 2.78. The Balaban J connectivity index is 0.000000280. The molecule has 0 aromatic carbocycles. The fourth-order valence-corrected chi connectivity index (χ4v) is 0.435. The van der Waals surface area contributed by atoms with E-state index >= 15 is 0 Å². The van der Waals surface area contributed by atoms with Gasteiger partial charge in [0.15, 0.2) is 0 Å². The molecule has 5 heteroatoms. The maximum atomic E-state index is 10.5. The fraction of sp³-hybridized carbons (Fsp3) is 0.667. The number of aliphatic hydroxyl groups excluding tert-OH is 2. The first kappa shape index (κ1) is 13.1. The van der Waals surface area contributed by atoms with Crippen LogP contribution in [0.3, 0.4) is 0 Å². The van der Waals surface area contributed by atoms with Gasteiger partial charge in [-0.1, -0.05) is 6.58 Å². The molecule has 0 spiro atoms. The maximum Gasteiger partial charge on any atom is 0.333 e. The molecule has 1 aliphatic rings. The van der Waals surface area contributed by atoms with E-state index in [0.29, 0.717) is 5.57 Å². The van der Waals surface area contributed by atoms with Crippen LogP contribution in [0.2, 0.25) is 0 Å². The van der Waals surface area contributed by atoms with Gasteiger partial charge >= 0.3 is 5.97 Å². The number of carbonyl (C=O) groups excluding carboxylic acids is 1. The Hall–Kier alpha value is -0.910. The molecular weight excluding hydrogens is 188 g/mol. The lowest BCUT2D eigenvalue weighted by atomic mass is 10.4. The Labute approximate surface area is 82.9 Å². The van der Waals surface area contributed by atoms with E-state index in [2.05, 4.69) is 16.1 Å². The second-order valence-electron chi connectivity index (χ2n) is 2.78. The Morgan fingerprint density at radius 2 is 2.21 bits per heavy atom. The molecule has 1 saturated heterocycles. The number of ether oxygens (including phenoxy) is 2. The number of carbonyl (C=O) groups is 1. The molecule has 0 amide bonds. The molecule has 1 atom stereocenters. The van der Waals surface area contributed by atoms with Gasteiger partial charge in [-0.25, -0.2) is 4.79 Å². The molecular formula is C9H16O5. The van der Waals surface area contributed by atoms with E-state index in [1.807, 2.05) is 0 Å². The van der Waals surface area contributed by atoms with Crippen LogP contribution in [-0.4, -0.2) is 48.7 Å². The summed E-state index contributed by atoms with van der Waals surface area (Å²) >= 11 is 0. The van der Waals surface area contributed by atoms with Gasteiger partial charge in [0, 0.05) is 5.57 Å². The zero-order valence-corrected chi connectivity index (χ0v) is 8.23. The van der Waals surface area contributed by atoms with Gasteiger partial charge in [-0.15, -0.1) is 0 Å². The smallest absolute Gasteiger partial charge is 0.333 e. The molecule has 1 rings (SSSR count). The van der Waals surface area contributed by atoms with Gasteiger partial charge in [0.1, 0.15) is 12.7 Å². The molecule has 0 radical (unpaired) electrons. The monoisotopic (exact) mass is 204 g/mol. The van der Waals surface area contributed by atoms with Gasteiger partial charge in [-0.2, -0.15) is 0 Å². The molecule has 1 heterocycles. The van der Waals surface area contributed by atoms with Crippen LogP contribution in [-0.2, 0) is 14.3 Å². The maximum absolute atomic E-state index is 10.5. The predicted octanol–water partition coefficient (Wildman–Crippen LogP) is -0.525. The van der Waals surface area contributed by atoms with Crippen molar-refractivity contribution < 1.29 is 24.5 Å². The third-order valence-electron chi connectivity index (χ3n) is 1.28. The standard InChI is InChI=1S/C6H10O3.C3H6O2/c1-5(2)6(8)9-4-3-7;4-1-3-2-5-3/h7H,1,3-4H2,2H3;3-4H,1-2H2. The predicted molar refractivity (Wildman–Crippen MR) is 49.7 cm³/mol. The summed E-state index contributed by atoms with van der Waals surface area (Å²) in [5.74, 6) is -0.455. The Morgan fingerprint density at radius 1 is 1.64 bits per heavy atom. The molecule has 0 aromatic rings. The number of epoxide rings is 1. The van der Waals surface area contributed by atoms with Gasteiger partial charge in [-0.05, 0) is 6.92 Å². The Kier molecular flexibility index (Phi) is 7.00. The highest BCUT2D eigenvalue weighted by molar-refractivity contribution is 5.86. The Morgan fingerprint density at radius 3 is 2.43 bits per heavy atom. The number of hydrogen-bond donors (Lipinski definition) is 2. The van der Waals surface area contributed by atoms with Crippen LogP contribution in [0, 0.1) is 0 Å². The lowest BCUT2D eigenvalue weighted by molar-refractivity contribution is -0.139. The van der Waals surface area contributed by atoms with E-state index in [4.69, 9.17) is 10.2 Å². The van der Waals surface area contributed by atoms with Gasteiger partial charge in [0.25, 0.3) is 0 Å². The molecule has 0 saturated carbocycles. The van der Waals surface area contributed by atoms with Gasteiger partial charge < -0.3 is 19.7 Å². The van der Waals surface area contributed by atoms with Crippen LogP contribution in [0.25, 0.3) is 0 Å². The summed E-state index contributed by atoms with van der Waals surface area (Å²) in [6.07, 6.45) is 0.190. The zero-order valence-electron chi connectivity index (χ0n) is 8.23. The van der Waals surface area contributed by atoms with Crippen molar-refractivity contribution in [3.8, 4) is 0 Å². The first-order valence-electron chi connectivity index (χ1n) is 4.27. The van der Waals surface area contributed by atoms with Crippen molar-refractivity contribution >= 4 is 5.97 Å². The summed E-state index contributed by atoms with van der Waals surface area (Å²) in [5, 5.41) is 16.3. The van der Waals surface area contributed by atoms with Crippen molar-refractivity contribution in [2.45, 2.75) is 13.0 Å². The molecule has 0 aromatic heterocycles. The lowest BCUT2D eigenvalue weighted by Crippen LogP contribution is -2.08. The highest BCUT2D eigenvalue weighted by Crippen LogP contribution is 2.04. The summed E-state index contributed by atoms with van der Waals surface area (Å²) in [4.78, 5) is 10.5. The van der Waals surface area contributed by atoms with Gasteiger partial charge in [0.2, 0.25) is 0 Å². The lowest BCUT2D eigenvalue weighted by Gasteiger charge is -1.99. The molecule has 2 N–H and O–H groups in total. The van der Waals surface area contributed by atoms with Crippen molar-refractivity contribution in [1.29, 1.82) is 0 Å². The first-order valence-corrected chi connectivity index (χ1v) is 4.27. The average molecular weight is 204 g/mol. The number of rotatable bonds is 4. The van der Waals surface area contributed by atoms with Gasteiger partial charge in [-0.3, -0.25) is 0 Å². The van der Waals surface area contributed by atoms with Crippen molar-refractivity contribution in [1.82, 2.24) is 0 Å². The van der Waals surface area contributed by atoms with Crippen molar-refractivity contribution in [2.24, 2.45) is 0 Å². The molecule has 0 aliphatic carbocycles. The SMILES string of the molecule is C=C(C)C(=O)OCCO.OCC1CO1. The summed E-state index contributed by atoms with van der Waals surface area (Å²) in [7, 11) is 0. The number of aliphatic hydroxyl groups is 2. The topological polar surface area (TPSA) is 79.3 Å². The van der Waals surface area contributed by atoms with E-state index < -0.39 is 5.97 Å². The third-order valence-corrected chi connectivity index (χ3v) is 1.28. The van der Waals surface area contributed by atoms with Crippen molar-refractivity contribution in [2.75, 3.05) is 26.4 Å². The fourth-order valence-electron chi connectivity index (χ4n) is 0.435. The number of esters is 1.